The topological polar surface area (TPSA) is 62.3 Å². The first-order chi connectivity index (χ1) is 8.75. The lowest BCUT2D eigenvalue weighted by Gasteiger charge is -2.28. The number of nitrogens with zero attached hydrogens (tertiary/aromatic N) is 2. The third-order valence-corrected chi connectivity index (χ3v) is 3.25. The first-order valence-electron chi connectivity index (χ1n) is 5.34. The molecule has 1 N–H and O–H groups in total. The van der Waals surface area contributed by atoms with E-state index in [4.69, 9.17) is 0 Å². The van der Waals surface area contributed by atoms with Crippen LogP contribution in [0.3, 0.4) is 0 Å². The molecule has 0 unspecified atom stereocenters. The maximum atomic E-state index is 12.3. The van der Waals surface area contributed by atoms with Crippen LogP contribution in [0.2, 0.25) is 0 Å². The number of anilines is 2. The maximum absolute atomic E-state index is 12.3. The Morgan fingerprint density at radius 1 is 1.39 bits per heavy atom. The number of carbonyl (C=O) groups is 2. The quantitative estimate of drug-likeness (QED) is 0.848. The van der Waals surface area contributed by atoms with E-state index in [0.717, 1.165) is 0 Å². The van der Waals surface area contributed by atoms with Crippen LogP contribution in [0.5, 0.6) is 0 Å². The van der Waals surface area contributed by atoms with Gasteiger partial charge >= 0.3 is 0 Å². The monoisotopic (exact) mass is 259 g/mol. The summed E-state index contributed by atoms with van der Waals surface area (Å²) in [6, 6.07) is 7.22. The van der Waals surface area contributed by atoms with E-state index in [9.17, 15) is 9.59 Å². The molecule has 18 heavy (non-hydrogen) atoms. The van der Waals surface area contributed by atoms with E-state index < -0.39 is 0 Å². The molecule has 1 aromatic heterocycles. The van der Waals surface area contributed by atoms with E-state index in [0.29, 0.717) is 17.1 Å². The van der Waals surface area contributed by atoms with Gasteiger partial charge in [-0.25, -0.2) is 4.98 Å². The van der Waals surface area contributed by atoms with Crippen molar-refractivity contribution in [3.63, 3.8) is 0 Å². The van der Waals surface area contributed by atoms with E-state index in [-0.39, 0.29) is 18.4 Å². The summed E-state index contributed by atoms with van der Waals surface area (Å²) < 4.78 is 0. The normalized spacial score (nSPS) is 14.0. The summed E-state index contributed by atoms with van der Waals surface area (Å²) in [5, 5.41) is 4.42. The molecule has 1 aliphatic heterocycles. The second-order valence-corrected chi connectivity index (χ2v) is 4.55. The number of nitrogens with one attached hydrogen (secondary N) is 1. The summed E-state index contributed by atoms with van der Waals surface area (Å²) in [5.41, 5.74) is 3.32. The first-order valence-corrected chi connectivity index (χ1v) is 6.29. The van der Waals surface area contributed by atoms with Crippen molar-refractivity contribution >= 4 is 34.5 Å². The van der Waals surface area contributed by atoms with Gasteiger partial charge in [0.15, 0.2) is 0 Å². The number of fused-ring (bicyclic) bond motifs is 1. The number of benzene rings is 1. The second kappa shape index (κ2) is 4.23. The highest BCUT2D eigenvalue weighted by molar-refractivity contribution is 7.07. The summed E-state index contributed by atoms with van der Waals surface area (Å²) in [5.74, 6) is -0.448. The van der Waals surface area contributed by atoms with Gasteiger partial charge in [-0.3, -0.25) is 14.5 Å². The van der Waals surface area contributed by atoms with E-state index in [2.05, 4.69) is 10.3 Å². The van der Waals surface area contributed by atoms with Crippen LogP contribution >= 0.6 is 11.3 Å². The van der Waals surface area contributed by atoms with Crippen molar-refractivity contribution in [1.29, 1.82) is 0 Å². The van der Waals surface area contributed by atoms with Gasteiger partial charge in [-0.2, -0.15) is 0 Å². The molecule has 0 saturated carbocycles. The molecular formula is C12H9N3O2S. The van der Waals surface area contributed by atoms with Gasteiger partial charge in [-0.1, -0.05) is 12.1 Å². The first kappa shape index (κ1) is 10.9. The number of hydrogen-bond acceptors (Lipinski definition) is 4. The molecule has 0 atom stereocenters. The Bertz CT molecular complexity index is 610. The molecule has 0 fully saturated rings. The van der Waals surface area contributed by atoms with Gasteiger partial charge in [-0.05, 0) is 12.1 Å². The number of aromatic nitrogens is 1. The van der Waals surface area contributed by atoms with Gasteiger partial charge in [-0.15, -0.1) is 11.3 Å². The predicted octanol–water partition coefficient (Wildman–Crippen LogP) is 1.74. The molecule has 0 radical (unpaired) electrons. The van der Waals surface area contributed by atoms with Crippen LogP contribution in [-0.4, -0.2) is 23.3 Å². The molecule has 2 aromatic rings. The molecule has 90 valence electrons. The van der Waals surface area contributed by atoms with Crippen molar-refractivity contribution < 1.29 is 9.59 Å². The molecule has 5 nitrogen and oxygen atoms in total. The lowest BCUT2D eigenvalue weighted by molar-refractivity contribution is -0.115. The van der Waals surface area contributed by atoms with Gasteiger partial charge in [0.25, 0.3) is 5.91 Å². The minimum atomic E-state index is -0.251. The minimum absolute atomic E-state index is 0.0212. The number of hydrogen-bond donors (Lipinski definition) is 1. The summed E-state index contributed by atoms with van der Waals surface area (Å²) in [4.78, 5) is 29.3. The fourth-order valence-corrected chi connectivity index (χ4v) is 2.40. The van der Waals surface area contributed by atoms with E-state index in [1.807, 2.05) is 12.1 Å². The van der Waals surface area contributed by atoms with E-state index in [1.165, 1.54) is 16.2 Å². The Morgan fingerprint density at radius 3 is 3.00 bits per heavy atom. The van der Waals surface area contributed by atoms with Crippen molar-refractivity contribution in [1.82, 2.24) is 4.98 Å². The van der Waals surface area contributed by atoms with Crippen LogP contribution in [-0.2, 0) is 4.79 Å². The Morgan fingerprint density at radius 2 is 2.22 bits per heavy atom. The highest BCUT2D eigenvalue weighted by Gasteiger charge is 2.28. The Labute approximate surface area is 107 Å². The van der Waals surface area contributed by atoms with Crippen LogP contribution in [0, 0.1) is 0 Å². The molecule has 0 saturated heterocycles. The predicted molar refractivity (Wildman–Crippen MR) is 68.9 cm³/mol. The zero-order valence-electron chi connectivity index (χ0n) is 9.29. The Kier molecular flexibility index (Phi) is 2.56. The minimum Gasteiger partial charge on any atom is -0.323 e. The van der Waals surface area contributed by atoms with Crippen LogP contribution in [0.1, 0.15) is 10.5 Å². The molecule has 1 aromatic carbocycles. The van der Waals surface area contributed by atoms with Crippen LogP contribution in [0.25, 0.3) is 0 Å². The van der Waals surface area contributed by atoms with Gasteiger partial charge in [0.05, 0.1) is 16.9 Å². The zero-order chi connectivity index (χ0) is 12.5. The average molecular weight is 259 g/mol. The molecule has 0 spiro atoms. The van der Waals surface area contributed by atoms with Gasteiger partial charge < -0.3 is 5.32 Å². The van der Waals surface area contributed by atoms with Crippen molar-refractivity contribution in [3.05, 3.63) is 40.8 Å². The van der Waals surface area contributed by atoms with Crippen molar-refractivity contribution in [2.75, 3.05) is 16.8 Å². The van der Waals surface area contributed by atoms with Gasteiger partial charge in [0.1, 0.15) is 12.2 Å². The summed E-state index contributed by atoms with van der Waals surface area (Å²) in [6.07, 6.45) is 0. The number of rotatable bonds is 1. The largest absolute Gasteiger partial charge is 0.323 e. The molecule has 1 aliphatic rings. The van der Waals surface area contributed by atoms with Crippen LogP contribution in [0.4, 0.5) is 11.4 Å². The average Bonchev–Trinajstić information content (AvgIpc) is 2.90. The van der Waals surface area contributed by atoms with Crippen molar-refractivity contribution in [2.24, 2.45) is 0 Å². The van der Waals surface area contributed by atoms with Gasteiger partial charge in [0.2, 0.25) is 5.91 Å². The Hall–Kier alpha value is -2.21. The number of amides is 2. The Balaban J connectivity index is 2.03. The smallest absolute Gasteiger partial charge is 0.278 e. The number of carbonyl (C=O) groups excluding carboxylic acids is 2. The molecule has 0 aliphatic carbocycles. The highest BCUT2D eigenvalue weighted by Crippen LogP contribution is 2.29. The van der Waals surface area contributed by atoms with Crippen LogP contribution in [0.15, 0.2) is 35.2 Å². The lowest BCUT2D eigenvalue weighted by Crippen LogP contribution is -2.42. The summed E-state index contributed by atoms with van der Waals surface area (Å²) >= 11 is 1.35. The molecule has 2 heterocycles. The standard InChI is InChI=1S/C12H9N3O2S/c16-11-5-15(12(17)9-6-18-7-13-9)10-4-2-1-3-8(10)14-11/h1-4,6-7H,5H2,(H,14,16). The highest BCUT2D eigenvalue weighted by atomic mass is 32.1. The third kappa shape index (κ3) is 1.76. The fourth-order valence-electron chi connectivity index (χ4n) is 1.87. The molecule has 3 rings (SSSR count). The summed E-state index contributed by atoms with van der Waals surface area (Å²) in [7, 11) is 0. The maximum Gasteiger partial charge on any atom is 0.278 e. The molecule has 6 heteroatoms. The molecule has 2 amide bonds. The molecular weight excluding hydrogens is 250 g/mol. The van der Waals surface area contributed by atoms with E-state index in [1.54, 1.807) is 23.0 Å². The summed E-state index contributed by atoms with van der Waals surface area (Å²) in [6.45, 7) is 0.0212. The van der Waals surface area contributed by atoms with Crippen molar-refractivity contribution in [2.45, 2.75) is 0 Å². The van der Waals surface area contributed by atoms with E-state index >= 15 is 0 Å². The number of para-hydroxylation sites is 2. The molecule has 0 bridgehead atoms. The fraction of sp³-hybridized carbons (Fsp3) is 0.0833. The van der Waals surface area contributed by atoms with Crippen LogP contribution < -0.4 is 10.2 Å². The lowest BCUT2D eigenvalue weighted by atomic mass is 10.2. The second-order valence-electron chi connectivity index (χ2n) is 3.83. The SMILES string of the molecule is O=C1CN(C(=O)c2cscn2)c2ccccc2N1. The van der Waals surface area contributed by atoms with Crippen molar-refractivity contribution in [3.8, 4) is 0 Å². The third-order valence-electron chi connectivity index (χ3n) is 2.67. The zero-order valence-corrected chi connectivity index (χ0v) is 10.1. The number of thiazole rings is 1. The van der Waals surface area contributed by atoms with Gasteiger partial charge in [0, 0.05) is 5.38 Å².